The van der Waals surface area contributed by atoms with Crippen molar-refractivity contribution in [3.8, 4) is 0 Å². The highest BCUT2D eigenvalue weighted by atomic mass is 16.6. The van der Waals surface area contributed by atoms with Gasteiger partial charge >= 0.3 is 11.9 Å². The number of fused-ring (bicyclic) bond motifs is 4. The quantitative estimate of drug-likeness (QED) is 0.426. The number of allylic oxidation sites excluding steroid dienone is 2. The van der Waals surface area contributed by atoms with Gasteiger partial charge in [-0.1, -0.05) is 18.2 Å². The van der Waals surface area contributed by atoms with Crippen LogP contribution in [-0.4, -0.2) is 42.1 Å². The summed E-state index contributed by atoms with van der Waals surface area (Å²) in [5, 5.41) is 0. The van der Waals surface area contributed by atoms with Gasteiger partial charge in [0.1, 0.15) is 17.8 Å². The molecular weight excluding hydrogens is 336 g/mol. The second-order valence-electron chi connectivity index (χ2n) is 7.69. The van der Waals surface area contributed by atoms with Crippen molar-refractivity contribution in [1.82, 2.24) is 0 Å². The summed E-state index contributed by atoms with van der Waals surface area (Å²) in [7, 11) is 0. The van der Waals surface area contributed by atoms with Crippen molar-refractivity contribution in [2.24, 2.45) is 17.8 Å². The molecule has 4 rings (SSSR count). The third kappa shape index (κ3) is 2.31. The first-order valence-corrected chi connectivity index (χ1v) is 8.89. The van der Waals surface area contributed by atoms with Crippen molar-refractivity contribution >= 4 is 17.7 Å². The molecule has 1 spiro atoms. The third-order valence-electron chi connectivity index (χ3n) is 6.22. The summed E-state index contributed by atoms with van der Waals surface area (Å²) in [5.41, 5.74) is 1.01. The lowest BCUT2D eigenvalue weighted by atomic mass is 9.77. The van der Waals surface area contributed by atoms with Gasteiger partial charge < -0.3 is 14.2 Å². The molecule has 2 aliphatic heterocycles. The smallest absolute Gasteiger partial charge is 0.334 e. The van der Waals surface area contributed by atoms with E-state index in [1.54, 1.807) is 26.0 Å². The van der Waals surface area contributed by atoms with Crippen molar-refractivity contribution in [2.75, 3.05) is 6.61 Å². The van der Waals surface area contributed by atoms with Crippen LogP contribution in [-0.2, 0) is 28.6 Å². The Hall–Kier alpha value is -2.21. The number of hydrogen-bond acceptors (Lipinski definition) is 6. The van der Waals surface area contributed by atoms with E-state index in [1.807, 2.05) is 6.92 Å². The Morgan fingerprint density at radius 2 is 2.08 bits per heavy atom. The average Bonchev–Trinajstić information content (AvgIpc) is 3.23. The largest absolute Gasteiger partial charge is 0.458 e. The molecule has 0 radical (unpaired) electrons. The third-order valence-corrected chi connectivity index (χ3v) is 6.22. The Balaban J connectivity index is 1.75. The van der Waals surface area contributed by atoms with Crippen LogP contribution in [0.25, 0.3) is 0 Å². The molecule has 0 aromatic carbocycles. The number of epoxide rings is 1. The molecule has 6 nitrogen and oxygen atoms in total. The summed E-state index contributed by atoms with van der Waals surface area (Å²) in [6.07, 6.45) is 2.49. The molecule has 0 unspecified atom stereocenters. The van der Waals surface area contributed by atoms with Gasteiger partial charge in [-0.3, -0.25) is 4.79 Å². The van der Waals surface area contributed by atoms with Crippen LogP contribution < -0.4 is 0 Å². The molecular formula is C20H22O6. The van der Waals surface area contributed by atoms with E-state index >= 15 is 0 Å². The maximum Gasteiger partial charge on any atom is 0.334 e. The van der Waals surface area contributed by atoms with E-state index in [2.05, 4.69) is 6.58 Å². The summed E-state index contributed by atoms with van der Waals surface area (Å²) < 4.78 is 17.1. The minimum absolute atomic E-state index is 0.00563. The number of rotatable bonds is 2. The fraction of sp³-hybridized carbons (Fsp3) is 0.550. The molecule has 0 N–H and O–H groups in total. The lowest BCUT2D eigenvalue weighted by Crippen LogP contribution is -2.37. The second-order valence-corrected chi connectivity index (χ2v) is 7.69. The monoisotopic (exact) mass is 358 g/mol. The molecule has 6 atom stereocenters. The first-order chi connectivity index (χ1) is 12.3. The van der Waals surface area contributed by atoms with Crippen molar-refractivity contribution in [3.05, 3.63) is 35.5 Å². The zero-order valence-corrected chi connectivity index (χ0v) is 15.1. The highest BCUT2D eigenvalue weighted by Gasteiger charge is 2.67. The Labute approximate surface area is 151 Å². The van der Waals surface area contributed by atoms with E-state index in [0.29, 0.717) is 24.2 Å². The molecule has 0 aromatic rings. The lowest BCUT2D eigenvalue weighted by Gasteiger charge is -2.28. The summed E-state index contributed by atoms with van der Waals surface area (Å²) in [5.74, 6) is -2.06. The second kappa shape index (κ2) is 5.64. The highest BCUT2D eigenvalue weighted by molar-refractivity contribution is 5.98. The predicted octanol–water partition coefficient (Wildman–Crippen LogP) is 1.90. The van der Waals surface area contributed by atoms with Crippen molar-refractivity contribution < 1.29 is 28.6 Å². The molecule has 4 aliphatic rings. The van der Waals surface area contributed by atoms with E-state index in [1.165, 1.54) is 0 Å². The molecule has 2 aliphatic carbocycles. The minimum Gasteiger partial charge on any atom is -0.458 e. The lowest BCUT2D eigenvalue weighted by molar-refractivity contribution is -0.148. The molecule has 0 aromatic heterocycles. The summed E-state index contributed by atoms with van der Waals surface area (Å²) in [4.78, 5) is 37.2. The molecule has 6 heteroatoms. The minimum atomic E-state index is -0.651. The van der Waals surface area contributed by atoms with E-state index in [4.69, 9.17) is 14.2 Å². The SMILES string of the molecule is C=C1C(=O)O[C@@H]2[C@H]3C(C)=CC(=O)[C@H]3[C@@]3(CO3)C[C@@H](OC(=O)/C(C)=C/C)[C@@H]12. The van der Waals surface area contributed by atoms with Crippen LogP contribution in [0.5, 0.6) is 0 Å². The molecule has 1 saturated carbocycles. The number of ether oxygens (including phenoxy) is 3. The Morgan fingerprint density at radius 1 is 1.38 bits per heavy atom. The van der Waals surface area contributed by atoms with Crippen LogP contribution in [0, 0.1) is 17.8 Å². The van der Waals surface area contributed by atoms with Crippen LogP contribution in [0.15, 0.2) is 35.5 Å². The van der Waals surface area contributed by atoms with E-state index in [-0.39, 0.29) is 11.7 Å². The molecule has 0 bridgehead atoms. The normalized spacial score (nSPS) is 41.3. The predicted molar refractivity (Wildman–Crippen MR) is 90.9 cm³/mol. The maximum atomic E-state index is 12.6. The Bertz CT molecular complexity index is 784. The standard InChI is InChI=1S/C20H22O6/c1-5-9(2)18(22)25-13-7-20(8-24-20)16-12(21)6-10(3)14(16)17-15(13)11(4)19(23)26-17/h5-6,13-17H,4,7-8H2,1-3H3/b9-5+/t13-,14+,15-,16-,17-,20+/m1/s1. The van der Waals surface area contributed by atoms with Crippen molar-refractivity contribution in [2.45, 2.75) is 45.0 Å². The number of ketones is 1. The highest BCUT2D eigenvalue weighted by Crippen LogP contribution is 2.57. The fourth-order valence-electron chi connectivity index (χ4n) is 4.67. The number of hydrogen-bond donors (Lipinski definition) is 0. The zero-order valence-electron chi connectivity index (χ0n) is 15.1. The van der Waals surface area contributed by atoms with Gasteiger partial charge in [0, 0.05) is 23.5 Å². The molecule has 2 saturated heterocycles. The summed E-state index contributed by atoms with van der Waals surface area (Å²) >= 11 is 0. The molecule has 26 heavy (non-hydrogen) atoms. The van der Waals surface area contributed by atoms with Crippen LogP contribution in [0.3, 0.4) is 0 Å². The topological polar surface area (TPSA) is 82.2 Å². The Morgan fingerprint density at radius 3 is 2.69 bits per heavy atom. The van der Waals surface area contributed by atoms with Gasteiger partial charge in [0.2, 0.25) is 0 Å². The van der Waals surface area contributed by atoms with Crippen molar-refractivity contribution in [1.29, 1.82) is 0 Å². The first-order valence-electron chi connectivity index (χ1n) is 8.89. The zero-order chi connectivity index (χ0) is 18.8. The maximum absolute atomic E-state index is 12.6. The van der Waals surface area contributed by atoms with E-state index in [9.17, 15) is 14.4 Å². The van der Waals surface area contributed by atoms with Crippen LogP contribution in [0.4, 0.5) is 0 Å². The summed E-state index contributed by atoms with van der Waals surface area (Å²) in [6, 6.07) is 0. The fourth-order valence-corrected chi connectivity index (χ4v) is 4.67. The van der Waals surface area contributed by atoms with E-state index < -0.39 is 41.6 Å². The van der Waals surface area contributed by atoms with Gasteiger partial charge in [-0.15, -0.1) is 0 Å². The number of carbonyl (C=O) groups is 3. The molecule has 138 valence electrons. The summed E-state index contributed by atoms with van der Waals surface area (Å²) in [6.45, 7) is 9.64. The number of esters is 2. The van der Waals surface area contributed by atoms with Gasteiger partial charge in [0.15, 0.2) is 5.78 Å². The van der Waals surface area contributed by atoms with Crippen LogP contribution in [0.1, 0.15) is 27.2 Å². The average molecular weight is 358 g/mol. The first kappa shape index (κ1) is 17.2. The molecule has 2 heterocycles. The van der Waals surface area contributed by atoms with Gasteiger partial charge in [-0.05, 0) is 26.8 Å². The number of carbonyl (C=O) groups excluding carboxylic acids is 3. The van der Waals surface area contributed by atoms with E-state index in [0.717, 1.165) is 5.57 Å². The van der Waals surface area contributed by atoms with Crippen LogP contribution >= 0.6 is 0 Å². The van der Waals surface area contributed by atoms with Gasteiger partial charge in [-0.2, -0.15) is 0 Å². The van der Waals surface area contributed by atoms with Gasteiger partial charge in [-0.25, -0.2) is 9.59 Å². The molecule has 0 amide bonds. The van der Waals surface area contributed by atoms with Gasteiger partial charge in [0.05, 0.1) is 18.4 Å². The van der Waals surface area contributed by atoms with Crippen molar-refractivity contribution in [3.63, 3.8) is 0 Å². The van der Waals surface area contributed by atoms with Gasteiger partial charge in [0.25, 0.3) is 0 Å². The van der Waals surface area contributed by atoms with Crippen LogP contribution in [0.2, 0.25) is 0 Å². The molecule has 3 fully saturated rings. The Kier molecular flexibility index (Phi) is 3.74.